The molecular formula is C17H24N2O. The first-order valence-corrected chi connectivity index (χ1v) is 7.80. The summed E-state index contributed by atoms with van der Waals surface area (Å²) in [4.78, 5) is 14.9. The lowest BCUT2D eigenvalue weighted by Crippen LogP contribution is -2.53. The van der Waals surface area contributed by atoms with Crippen molar-refractivity contribution in [1.82, 2.24) is 5.32 Å². The normalized spacial score (nSPS) is 29.9. The average Bonchev–Trinajstić information content (AvgIpc) is 2.45. The first kappa shape index (κ1) is 13.6. The Morgan fingerprint density at radius 2 is 2.05 bits per heavy atom. The Kier molecular flexibility index (Phi) is 3.79. The number of amides is 1. The van der Waals surface area contributed by atoms with E-state index in [-0.39, 0.29) is 11.9 Å². The van der Waals surface area contributed by atoms with Gasteiger partial charge in [0.05, 0.1) is 6.04 Å². The van der Waals surface area contributed by atoms with Gasteiger partial charge in [-0.3, -0.25) is 4.79 Å². The van der Waals surface area contributed by atoms with Gasteiger partial charge in [-0.05, 0) is 50.2 Å². The molecule has 1 amide bonds. The van der Waals surface area contributed by atoms with Crippen molar-refractivity contribution < 1.29 is 4.79 Å². The van der Waals surface area contributed by atoms with Crippen LogP contribution < -0.4 is 10.2 Å². The van der Waals surface area contributed by atoms with Gasteiger partial charge in [-0.15, -0.1) is 0 Å². The molecule has 1 aromatic carbocycles. The van der Waals surface area contributed by atoms with E-state index >= 15 is 0 Å². The zero-order valence-corrected chi connectivity index (χ0v) is 12.4. The van der Waals surface area contributed by atoms with Crippen molar-refractivity contribution in [3.05, 3.63) is 29.8 Å². The number of nitrogens with one attached hydrogen (secondary N) is 1. The maximum absolute atomic E-state index is 12.9. The number of anilines is 1. The Hall–Kier alpha value is -1.35. The van der Waals surface area contributed by atoms with Crippen LogP contribution in [0.3, 0.4) is 0 Å². The molecule has 0 aromatic heterocycles. The maximum Gasteiger partial charge on any atom is 0.244 e. The molecule has 1 N–H and O–H groups in total. The van der Waals surface area contributed by atoms with Crippen LogP contribution >= 0.6 is 0 Å². The van der Waals surface area contributed by atoms with Crippen molar-refractivity contribution in [3.8, 4) is 0 Å². The van der Waals surface area contributed by atoms with Crippen LogP contribution in [0.1, 0.15) is 38.7 Å². The highest BCUT2D eigenvalue weighted by atomic mass is 16.2. The van der Waals surface area contributed by atoms with Gasteiger partial charge >= 0.3 is 0 Å². The van der Waals surface area contributed by atoms with Crippen LogP contribution in [0.15, 0.2) is 24.3 Å². The number of nitrogens with zero attached hydrogens (tertiary/aromatic N) is 1. The second-order valence-corrected chi connectivity index (χ2v) is 6.44. The molecule has 0 aliphatic carbocycles. The minimum absolute atomic E-state index is 0.00268. The molecular weight excluding hydrogens is 248 g/mol. The summed E-state index contributed by atoms with van der Waals surface area (Å²) in [6.45, 7) is 5.25. The zero-order chi connectivity index (χ0) is 14.1. The molecule has 0 saturated carbocycles. The highest BCUT2D eigenvalue weighted by molar-refractivity contribution is 5.98. The highest BCUT2D eigenvalue weighted by Gasteiger charge is 2.32. The van der Waals surface area contributed by atoms with Gasteiger partial charge in [0.2, 0.25) is 5.91 Å². The van der Waals surface area contributed by atoms with Crippen LogP contribution in [0.2, 0.25) is 0 Å². The molecule has 2 heterocycles. The molecule has 0 spiro atoms. The third-order valence-corrected chi connectivity index (χ3v) is 4.52. The second kappa shape index (κ2) is 5.57. The minimum atomic E-state index is -0.00268. The fourth-order valence-corrected chi connectivity index (χ4v) is 3.53. The average molecular weight is 272 g/mol. The molecule has 0 radical (unpaired) electrons. The Bertz CT molecular complexity index is 500. The summed E-state index contributed by atoms with van der Waals surface area (Å²) in [6, 6.07) is 8.80. The molecule has 1 aromatic rings. The van der Waals surface area contributed by atoms with Crippen LogP contribution in [-0.2, 0) is 11.2 Å². The number of carbonyl (C=O) groups excluding carboxylic acids is 1. The Morgan fingerprint density at radius 1 is 1.25 bits per heavy atom. The van der Waals surface area contributed by atoms with E-state index in [2.05, 4.69) is 37.4 Å². The maximum atomic E-state index is 12.9. The van der Waals surface area contributed by atoms with Gasteiger partial charge in [0.1, 0.15) is 0 Å². The van der Waals surface area contributed by atoms with E-state index < -0.39 is 0 Å². The molecule has 2 aliphatic heterocycles. The van der Waals surface area contributed by atoms with Crippen molar-refractivity contribution in [2.45, 2.75) is 51.6 Å². The molecule has 1 saturated heterocycles. The number of benzene rings is 1. The molecule has 3 atom stereocenters. The summed E-state index contributed by atoms with van der Waals surface area (Å²) in [7, 11) is 0. The summed E-state index contributed by atoms with van der Waals surface area (Å²) in [6.07, 6.45) is 4.37. The van der Waals surface area contributed by atoms with Crippen molar-refractivity contribution in [3.63, 3.8) is 0 Å². The van der Waals surface area contributed by atoms with Crippen molar-refractivity contribution in [2.24, 2.45) is 5.92 Å². The molecule has 0 bridgehead atoms. The predicted molar refractivity (Wildman–Crippen MR) is 81.9 cm³/mol. The third kappa shape index (κ3) is 2.59. The van der Waals surface area contributed by atoms with Crippen molar-refractivity contribution in [1.29, 1.82) is 0 Å². The molecule has 20 heavy (non-hydrogen) atoms. The van der Waals surface area contributed by atoms with E-state index in [0.717, 1.165) is 31.5 Å². The largest absolute Gasteiger partial charge is 0.311 e. The summed E-state index contributed by atoms with van der Waals surface area (Å²) >= 11 is 0. The third-order valence-electron chi connectivity index (χ3n) is 4.52. The fourth-order valence-electron chi connectivity index (χ4n) is 3.53. The van der Waals surface area contributed by atoms with E-state index in [0.29, 0.717) is 12.0 Å². The lowest BCUT2D eigenvalue weighted by atomic mass is 9.92. The number of hydrogen-bond donors (Lipinski definition) is 1. The van der Waals surface area contributed by atoms with Gasteiger partial charge < -0.3 is 10.2 Å². The molecule has 3 rings (SSSR count). The predicted octanol–water partition coefficient (Wildman–Crippen LogP) is 2.74. The van der Waals surface area contributed by atoms with E-state index in [9.17, 15) is 4.79 Å². The van der Waals surface area contributed by atoms with Gasteiger partial charge in [0.25, 0.3) is 0 Å². The lowest BCUT2D eigenvalue weighted by molar-refractivity contribution is -0.121. The van der Waals surface area contributed by atoms with E-state index in [4.69, 9.17) is 0 Å². The molecule has 3 nitrogen and oxygen atoms in total. The number of para-hydroxylation sites is 1. The van der Waals surface area contributed by atoms with Crippen molar-refractivity contribution >= 4 is 11.6 Å². The number of carbonyl (C=O) groups is 1. The summed E-state index contributed by atoms with van der Waals surface area (Å²) < 4.78 is 0. The zero-order valence-electron chi connectivity index (χ0n) is 12.4. The summed E-state index contributed by atoms with van der Waals surface area (Å²) in [5.41, 5.74) is 2.43. The first-order chi connectivity index (χ1) is 9.65. The fraction of sp³-hybridized carbons (Fsp3) is 0.588. The molecule has 108 valence electrons. The molecule has 2 aliphatic rings. The molecule has 3 heteroatoms. The number of rotatable bonds is 1. The summed E-state index contributed by atoms with van der Waals surface area (Å²) in [5, 5.41) is 3.47. The molecule has 3 unspecified atom stereocenters. The van der Waals surface area contributed by atoms with Crippen LogP contribution in [-0.4, -0.2) is 24.5 Å². The smallest absolute Gasteiger partial charge is 0.244 e. The van der Waals surface area contributed by atoms with Crippen LogP contribution in [0.5, 0.6) is 0 Å². The Labute approximate surface area is 121 Å². The second-order valence-electron chi connectivity index (χ2n) is 6.44. The summed E-state index contributed by atoms with van der Waals surface area (Å²) in [5.74, 6) is 0.797. The van der Waals surface area contributed by atoms with E-state index in [1.54, 1.807) is 0 Å². The van der Waals surface area contributed by atoms with Crippen LogP contribution in [0, 0.1) is 5.92 Å². The number of fused-ring (bicyclic) bond motifs is 1. The van der Waals surface area contributed by atoms with Gasteiger partial charge in [0.15, 0.2) is 0 Å². The van der Waals surface area contributed by atoms with Crippen LogP contribution in [0.25, 0.3) is 0 Å². The first-order valence-electron chi connectivity index (χ1n) is 7.80. The SMILES string of the molecule is CC1Cc2ccccc2N(C(=O)C2CCCC(C)N2)C1. The number of piperidine rings is 1. The van der Waals surface area contributed by atoms with Gasteiger partial charge in [-0.25, -0.2) is 0 Å². The Balaban J connectivity index is 1.84. The van der Waals surface area contributed by atoms with Gasteiger partial charge in [-0.1, -0.05) is 25.1 Å². The minimum Gasteiger partial charge on any atom is -0.311 e. The van der Waals surface area contributed by atoms with Crippen LogP contribution in [0.4, 0.5) is 5.69 Å². The molecule has 1 fully saturated rings. The topological polar surface area (TPSA) is 32.3 Å². The van der Waals surface area contributed by atoms with Gasteiger partial charge in [-0.2, -0.15) is 0 Å². The highest BCUT2D eigenvalue weighted by Crippen LogP contribution is 2.30. The van der Waals surface area contributed by atoms with E-state index in [1.807, 2.05) is 11.0 Å². The number of hydrogen-bond acceptors (Lipinski definition) is 2. The van der Waals surface area contributed by atoms with Gasteiger partial charge in [0, 0.05) is 18.3 Å². The standard InChI is InChI=1S/C17H24N2O/c1-12-10-14-7-3-4-9-16(14)19(11-12)17(20)15-8-5-6-13(2)18-15/h3-4,7,9,12-13,15,18H,5-6,8,10-11H2,1-2H3. The lowest BCUT2D eigenvalue weighted by Gasteiger charge is -2.37. The Morgan fingerprint density at radius 3 is 2.85 bits per heavy atom. The van der Waals surface area contributed by atoms with Crippen molar-refractivity contribution in [2.75, 3.05) is 11.4 Å². The quantitative estimate of drug-likeness (QED) is 0.852. The van der Waals surface area contributed by atoms with E-state index in [1.165, 1.54) is 12.0 Å². The monoisotopic (exact) mass is 272 g/mol.